The topological polar surface area (TPSA) is 0 Å². The molecule has 0 rings (SSSR count). The third-order valence-electron chi connectivity index (χ3n) is 0. The van der Waals surface area contributed by atoms with E-state index in [1.165, 1.54) is 0 Å². The van der Waals surface area contributed by atoms with Crippen LogP contribution in [0.4, 0.5) is 12.9 Å². The molecule has 0 unspecified atom stereocenters. The van der Waals surface area contributed by atoms with Gasteiger partial charge in [0.15, 0.2) is 0 Å². The molecule has 0 atom stereocenters. The van der Waals surface area contributed by atoms with Crippen LogP contribution in [0.5, 0.6) is 0 Å². The first-order valence-corrected chi connectivity index (χ1v) is 1.23. The van der Waals surface area contributed by atoms with Gasteiger partial charge in [-0.3, -0.25) is 0 Å². The quantitative estimate of drug-likeness (QED) is 0.342. The fraction of sp³-hybridized carbons (Fsp3) is 1.00. The van der Waals surface area contributed by atoms with Crippen molar-refractivity contribution in [3.05, 3.63) is 0 Å². The third kappa shape index (κ3) is 49.8. The van der Waals surface area contributed by atoms with Crippen LogP contribution >= 0.6 is 0 Å². The Kier molecular flexibility index (Phi) is 6.09. The van der Waals surface area contributed by atoms with E-state index >= 15 is 0 Å². The van der Waals surface area contributed by atoms with Gasteiger partial charge in [-0.05, 0) is 0 Å². The molecule has 6 heavy (non-hydrogen) atoms. The largest absolute Gasteiger partial charge is 1.00 e. The molecule has 0 amide bonds. The van der Waals surface area contributed by atoms with E-state index in [0.717, 1.165) is 0 Å². The predicted molar refractivity (Wildman–Crippen MR) is 14.9 cm³/mol. The second kappa shape index (κ2) is 3.49. The Balaban J connectivity index is 0. The SMILES string of the molecule is C[B-](F)(F)F.[K+]. The summed E-state index contributed by atoms with van der Waals surface area (Å²) in [5.41, 5.74) is 0. The maximum Gasteiger partial charge on any atom is 1.00 e. The Hall–Kier alpha value is 1.49. The van der Waals surface area contributed by atoms with Crippen molar-refractivity contribution < 1.29 is 64.3 Å². The zero-order chi connectivity index (χ0) is 4.50. The van der Waals surface area contributed by atoms with Gasteiger partial charge in [-0.2, -0.15) is 0 Å². The molecule has 0 heterocycles. The molecule has 0 saturated carbocycles. The Morgan fingerprint density at radius 2 is 1.17 bits per heavy atom. The molecule has 0 radical (unpaired) electrons. The first-order chi connectivity index (χ1) is 2.00. The van der Waals surface area contributed by atoms with Gasteiger partial charge in [-0.15, -0.1) is 0 Å². The van der Waals surface area contributed by atoms with E-state index in [9.17, 15) is 12.9 Å². The van der Waals surface area contributed by atoms with Gasteiger partial charge in [-0.25, -0.2) is 0 Å². The van der Waals surface area contributed by atoms with Crippen LogP contribution in [0, 0.1) is 0 Å². The van der Waals surface area contributed by atoms with Gasteiger partial charge >= 0.3 is 58.4 Å². The standard InChI is InChI=1S/CH3BF3.K/c1-2(3,4)5;/h1H3;/q-1;+1. The molecular formula is CH3BF3K. The van der Waals surface area contributed by atoms with E-state index in [1.807, 2.05) is 0 Å². The van der Waals surface area contributed by atoms with Crippen LogP contribution in [0.15, 0.2) is 0 Å². The third-order valence-corrected chi connectivity index (χ3v) is 0. The van der Waals surface area contributed by atoms with Gasteiger partial charge in [0.2, 0.25) is 0 Å². The van der Waals surface area contributed by atoms with Crippen LogP contribution in [0.3, 0.4) is 0 Å². The summed E-state index contributed by atoms with van der Waals surface area (Å²) in [5.74, 6) is 0. The Bertz CT molecular complexity index is 26.3. The minimum Gasteiger partial charge on any atom is -0.449 e. The summed E-state index contributed by atoms with van der Waals surface area (Å²) in [7, 11) is 0. The smallest absolute Gasteiger partial charge is 0.449 e. The van der Waals surface area contributed by atoms with E-state index in [2.05, 4.69) is 0 Å². The molecule has 32 valence electrons. The Morgan fingerprint density at radius 1 is 1.17 bits per heavy atom. The van der Waals surface area contributed by atoms with E-state index in [4.69, 9.17) is 0 Å². The summed E-state index contributed by atoms with van der Waals surface area (Å²) < 4.78 is 31.2. The molecule has 0 spiro atoms. The molecule has 0 nitrogen and oxygen atoms in total. The second-order valence-electron chi connectivity index (χ2n) is 0.902. The number of hydrogen-bond donors (Lipinski definition) is 0. The monoisotopic (exact) mass is 122 g/mol. The maximum absolute atomic E-state index is 10.4. The van der Waals surface area contributed by atoms with E-state index < -0.39 is 6.98 Å². The number of rotatable bonds is 0. The molecule has 0 aliphatic heterocycles. The van der Waals surface area contributed by atoms with Crippen molar-refractivity contribution >= 4 is 6.98 Å². The average Bonchev–Trinajstić information content (AvgIpc) is 0.722. The number of hydrogen-bond acceptors (Lipinski definition) is 0. The van der Waals surface area contributed by atoms with Crippen molar-refractivity contribution in [2.75, 3.05) is 0 Å². The van der Waals surface area contributed by atoms with Gasteiger partial charge in [0.05, 0.1) is 0 Å². The molecule has 0 saturated heterocycles. The molecule has 5 heteroatoms. The van der Waals surface area contributed by atoms with Crippen molar-refractivity contribution in [3.63, 3.8) is 0 Å². The zero-order valence-electron chi connectivity index (χ0n) is 3.71. The minimum absolute atomic E-state index is 0. The number of halogens is 3. The van der Waals surface area contributed by atoms with E-state index in [1.54, 1.807) is 0 Å². The van der Waals surface area contributed by atoms with Gasteiger partial charge in [0.25, 0.3) is 0 Å². The van der Waals surface area contributed by atoms with E-state index in [-0.39, 0.29) is 58.2 Å². The van der Waals surface area contributed by atoms with Crippen molar-refractivity contribution in [1.29, 1.82) is 0 Å². The zero-order valence-corrected chi connectivity index (χ0v) is 6.83. The summed E-state index contributed by atoms with van der Waals surface area (Å²) in [6.07, 6.45) is 0. The van der Waals surface area contributed by atoms with Crippen molar-refractivity contribution in [1.82, 2.24) is 0 Å². The maximum atomic E-state index is 10.4. The van der Waals surface area contributed by atoms with Crippen LogP contribution in [0.25, 0.3) is 0 Å². The van der Waals surface area contributed by atoms with Crippen LogP contribution in [-0.4, -0.2) is 6.98 Å². The molecule has 0 aromatic rings. The summed E-state index contributed by atoms with van der Waals surface area (Å²) >= 11 is 0. The molecule has 0 N–H and O–H groups in total. The molecule has 0 aromatic heterocycles. The van der Waals surface area contributed by atoms with Gasteiger partial charge in [0.1, 0.15) is 0 Å². The van der Waals surface area contributed by atoms with Crippen molar-refractivity contribution in [2.45, 2.75) is 6.82 Å². The average molecular weight is 122 g/mol. The van der Waals surface area contributed by atoms with Crippen molar-refractivity contribution in [2.24, 2.45) is 0 Å². The fourth-order valence-electron chi connectivity index (χ4n) is 0. The summed E-state index contributed by atoms with van der Waals surface area (Å²) in [4.78, 5) is 0. The Morgan fingerprint density at radius 3 is 1.17 bits per heavy atom. The van der Waals surface area contributed by atoms with E-state index in [0.29, 0.717) is 0 Å². The summed E-state index contributed by atoms with van der Waals surface area (Å²) in [5, 5.41) is 0. The first-order valence-electron chi connectivity index (χ1n) is 1.23. The molecule has 0 aromatic carbocycles. The fourth-order valence-corrected chi connectivity index (χ4v) is 0. The predicted octanol–water partition coefficient (Wildman–Crippen LogP) is -1.53. The van der Waals surface area contributed by atoms with Gasteiger partial charge in [0, 0.05) is 0 Å². The molecule has 0 fully saturated rings. The summed E-state index contributed by atoms with van der Waals surface area (Å²) in [6.45, 7) is -4.25. The molecule has 0 aliphatic rings. The van der Waals surface area contributed by atoms with Crippen LogP contribution in [0.2, 0.25) is 6.82 Å². The molecule has 0 aliphatic carbocycles. The van der Waals surface area contributed by atoms with Crippen LogP contribution < -0.4 is 51.4 Å². The van der Waals surface area contributed by atoms with Gasteiger partial charge in [-0.1, -0.05) is 6.82 Å². The first kappa shape index (κ1) is 10.5. The van der Waals surface area contributed by atoms with Crippen LogP contribution in [0.1, 0.15) is 0 Å². The van der Waals surface area contributed by atoms with Crippen molar-refractivity contribution in [3.8, 4) is 0 Å². The Labute approximate surface area is 77.0 Å². The van der Waals surface area contributed by atoms with Gasteiger partial charge < -0.3 is 12.9 Å². The second-order valence-corrected chi connectivity index (χ2v) is 0.902. The summed E-state index contributed by atoms with van der Waals surface area (Å²) in [6, 6.07) is 0. The molecular weight excluding hydrogens is 119 g/mol. The minimum atomic E-state index is -4.50. The molecule has 0 bridgehead atoms. The van der Waals surface area contributed by atoms with Crippen LogP contribution in [-0.2, 0) is 0 Å². The normalized spacial score (nSPS) is 10.0.